The van der Waals surface area contributed by atoms with Gasteiger partial charge in [-0.15, -0.1) is 0 Å². The Kier molecular flexibility index (Phi) is 3.63. The van der Waals surface area contributed by atoms with Crippen LogP contribution in [0.3, 0.4) is 0 Å². The molecule has 0 radical (unpaired) electrons. The Morgan fingerprint density at radius 3 is 2.39 bits per heavy atom. The third-order valence-electron chi connectivity index (χ3n) is 2.43. The van der Waals surface area contributed by atoms with Gasteiger partial charge >= 0.3 is 0 Å². The molecule has 3 nitrogen and oxygen atoms in total. The first-order chi connectivity index (χ1) is 8.54. The zero-order chi connectivity index (χ0) is 13.0. The molecule has 0 bridgehead atoms. The van der Waals surface area contributed by atoms with Gasteiger partial charge in [0.1, 0.15) is 12.4 Å². The quantitative estimate of drug-likeness (QED) is 0.896. The molecular weight excluding hydrogens is 224 g/mol. The van der Waals surface area contributed by atoms with Gasteiger partial charge in [-0.25, -0.2) is 0 Å². The van der Waals surface area contributed by atoms with E-state index in [-0.39, 0.29) is 5.54 Å². The van der Waals surface area contributed by atoms with Crippen molar-refractivity contribution in [3.05, 3.63) is 48.7 Å². The predicted molar refractivity (Wildman–Crippen MR) is 73.4 cm³/mol. The highest BCUT2D eigenvalue weighted by Gasteiger charge is 2.11. The first-order valence-electron chi connectivity index (χ1n) is 5.98. The van der Waals surface area contributed by atoms with Gasteiger partial charge in [0, 0.05) is 17.3 Å². The normalized spacial score (nSPS) is 11.3. The fraction of sp³-hybridized carbons (Fsp3) is 0.267. The Bertz CT molecular complexity index is 486. The maximum Gasteiger partial charge on any atom is 0.119 e. The van der Waals surface area contributed by atoms with Gasteiger partial charge in [0.05, 0.1) is 5.69 Å². The van der Waals surface area contributed by atoms with E-state index < -0.39 is 0 Å². The molecule has 1 heterocycles. The van der Waals surface area contributed by atoms with E-state index in [0.717, 1.165) is 17.0 Å². The number of ether oxygens (including phenoxy) is 1. The van der Waals surface area contributed by atoms with Crippen LogP contribution in [0.2, 0.25) is 0 Å². The fourth-order valence-corrected chi connectivity index (χ4v) is 1.52. The van der Waals surface area contributed by atoms with E-state index in [1.165, 1.54) is 0 Å². The summed E-state index contributed by atoms with van der Waals surface area (Å²) in [6, 6.07) is 13.8. The van der Waals surface area contributed by atoms with Crippen molar-refractivity contribution in [3.63, 3.8) is 0 Å². The molecule has 0 saturated heterocycles. The predicted octanol–water partition coefficient (Wildman–Crippen LogP) is 2.86. The van der Waals surface area contributed by atoms with Crippen molar-refractivity contribution >= 4 is 0 Å². The van der Waals surface area contributed by atoms with Crippen LogP contribution in [0.1, 0.15) is 13.8 Å². The Morgan fingerprint density at radius 2 is 1.83 bits per heavy atom. The molecule has 0 aliphatic heterocycles. The molecule has 0 saturated carbocycles. The largest absolute Gasteiger partial charge is 0.492 e. The first kappa shape index (κ1) is 12.6. The number of rotatable bonds is 4. The third-order valence-corrected chi connectivity index (χ3v) is 2.43. The molecule has 0 spiro atoms. The molecule has 3 heteroatoms. The lowest BCUT2D eigenvalue weighted by molar-refractivity contribution is 0.243. The summed E-state index contributed by atoms with van der Waals surface area (Å²) in [6.07, 6.45) is 1.79. The Morgan fingerprint density at radius 1 is 1.11 bits per heavy atom. The lowest BCUT2D eigenvalue weighted by atomic mass is 10.1. The number of hydrogen-bond acceptors (Lipinski definition) is 3. The summed E-state index contributed by atoms with van der Waals surface area (Å²) < 4.78 is 5.62. The molecule has 2 N–H and O–H groups in total. The average molecular weight is 242 g/mol. The monoisotopic (exact) mass is 242 g/mol. The summed E-state index contributed by atoms with van der Waals surface area (Å²) in [7, 11) is 0. The lowest BCUT2D eigenvalue weighted by Gasteiger charge is -2.19. The third kappa shape index (κ3) is 3.57. The summed E-state index contributed by atoms with van der Waals surface area (Å²) in [4.78, 5) is 4.30. The van der Waals surface area contributed by atoms with Crippen LogP contribution < -0.4 is 10.5 Å². The summed E-state index contributed by atoms with van der Waals surface area (Å²) in [5.41, 5.74) is 7.59. The summed E-state index contributed by atoms with van der Waals surface area (Å²) >= 11 is 0. The van der Waals surface area contributed by atoms with E-state index in [1.54, 1.807) is 6.20 Å². The molecule has 0 aliphatic rings. The molecular formula is C15H18N2O. The Balaban J connectivity index is 2.07. The second kappa shape index (κ2) is 5.19. The highest BCUT2D eigenvalue weighted by Crippen LogP contribution is 2.20. The van der Waals surface area contributed by atoms with E-state index in [9.17, 15) is 0 Å². The fourth-order valence-electron chi connectivity index (χ4n) is 1.52. The Hall–Kier alpha value is -1.87. The van der Waals surface area contributed by atoms with Crippen molar-refractivity contribution in [1.82, 2.24) is 4.98 Å². The number of nitrogens with two attached hydrogens (primary N) is 1. The van der Waals surface area contributed by atoms with Crippen LogP contribution in [0.4, 0.5) is 0 Å². The summed E-state index contributed by atoms with van der Waals surface area (Å²) in [5.74, 6) is 0.827. The van der Waals surface area contributed by atoms with E-state index in [2.05, 4.69) is 4.98 Å². The van der Waals surface area contributed by atoms with Gasteiger partial charge in [-0.05, 0) is 50.2 Å². The molecule has 0 unspecified atom stereocenters. The van der Waals surface area contributed by atoms with Crippen LogP contribution in [-0.2, 0) is 0 Å². The van der Waals surface area contributed by atoms with Gasteiger partial charge in [-0.3, -0.25) is 4.98 Å². The highest BCUT2D eigenvalue weighted by molar-refractivity contribution is 5.59. The molecule has 0 fully saturated rings. The first-order valence-corrected chi connectivity index (χ1v) is 5.98. The molecule has 1 aromatic carbocycles. The van der Waals surface area contributed by atoms with Gasteiger partial charge in [0.25, 0.3) is 0 Å². The van der Waals surface area contributed by atoms with Crippen LogP contribution in [0.5, 0.6) is 5.75 Å². The lowest BCUT2D eigenvalue weighted by Crippen LogP contribution is -2.38. The summed E-state index contributed by atoms with van der Waals surface area (Å²) in [6.45, 7) is 4.38. The molecule has 2 rings (SSSR count). The maximum absolute atomic E-state index is 5.87. The van der Waals surface area contributed by atoms with E-state index >= 15 is 0 Å². The van der Waals surface area contributed by atoms with E-state index in [4.69, 9.17) is 10.5 Å². The van der Waals surface area contributed by atoms with Crippen molar-refractivity contribution in [3.8, 4) is 17.0 Å². The molecule has 18 heavy (non-hydrogen) atoms. The second-order valence-corrected chi connectivity index (χ2v) is 5.02. The zero-order valence-electron chi connectivity index (χ0n) is 10.8. The topological polar surface area (TPSA) is 48.1 Å². The van der Waals surface area contributed by atoms with Crippen LogP contribution in [0.25, 0.3) is 11.3 Å². The number of pyridine rings is 1. The van der Waals surface area contributed by atoms with E-state index in [0.29, 0.717) is 6.61 Å². The maximum atomic E-state index is 5.87. The molecule has 0 aliphatic carbocycles. The minimum atomic E-state index is -0.320. The number of nitrogens with zero attached hydrogens (tertiary/aromatic N) is 1. The van der Waals surface area contributed by atoms with Gasteiger partial charge in [0.2, 0.25) is 0 Å². The van der Waals surface area contributed by atoms with Crippen molar-refractivity contribution in [2.75, 3.05) is 6.61 Å². The zero-order valence-corrected chi connectivity index (χ0v) is 10.8. The van der Waals surface area contributed by atoms with Crippen molar-refractivity contribution in [2.24, 2.45) is 5.73 Å². The highest BCUT2D eigenvalue weighted by atomic mass is 16.5. The van der Waals surface area contributed by atoms with Crippen molar-refractivity contribution in [2.45, 2.75) is 19.4 Å². The smallest absolute Gasteiger partial charge is 0.119 e. The molecule has 0 atom stereocenters. The van der Waals surface area contributed by atoms with Gasteiger partial charge in [0.15, 0.2) is 0 Å². The molecule has 2 aromatic rings. The Labute approximate surface area is 108 Å². The van der Waals surface area contributed by atoms with Gasteiger partial charge in [-0.1, -0.05) is 6.07 Å². The van der Waals surface area contributed by atoms with Crippen LogP contribution in [0, 0.1) is 0 Å². The van der Waals surface area contributed by atoms with E-state index in [1.807, 2.05) is 56.3 Å². The minimum Gasteiger partial charge on any atom is -0.492 e. The number of hydrogen-bond donors (Lipinski definition) is 1. The summed E-state index contributed by atoms with van der Waals surface area (Å²) in [5, 5.41) is 0. The molecule has 1 aromatic heterocycles. The van der Waals surface area contributed by atoms with Crippen LogP contribution in [0.15, 0.2) is 48.7 Å². The molecule has 94 valence electrons. The molecule has 0 amide bonds. The van der Waals surface area contributed by atoms with Crippen LogP contribution >= 0.6 is 0 Å². The van der Waals surface area contributed by atoms with Crippen molar-refractivity contribution in [1.29, 1.82) is 0 Å². The SMILES string of the molecule is CC(C)(N)COc1ccc(-c2ccccn2)cc1. The van der Waals surface area contributed by atoms with Crippen LogP contribution in [-0.4, -0.2) is 17.1 Å². The standard InChI is InChI=1S/C15H18N2O/c1-15(2,16)11-18-13-8-6-12(7-9-13)14-5-3-4-10-17-14/h3-10H,11,16H2,1-2H3. The number of aromatic nitrogens is 1. The number of benzene rings is 1. The average Bonchev–Trinajstić information content (AvgIpc) is 2.37. The minimum absolute atomic E-state index is 0.320. The van der Waals surface area contributed by atoms with Crippen molar-refractivity contribution < 1.29 is 4.74 Å². The van der Waals surface area contributed by atoms with Gasteiger partial charge < -0.3 is 10.5 Å². The van der Waals surface area contributed by atoms with Gasteiger partial charge in [-0.2, -0.15) is 0 Å². The second-order valence-electron chi connectivity index (χ2n) is 5.02.